The smallest absolute Gasteiger partial charge is 0.265 e. The standard InChI is InChI=1S/C30H47O2P.Nd/c1-3-5-7-9-11-13-15-17-27-19-23-29(24-20-27)32-33(31)30-25-21-28(22-26-30)18-16-14-12-10-8-6-4-2;/h19-26,33H,3-18H2,1-2H3;. The van der Waals surface area contributed by atoms with Crippen LogP contribution in [-0.2, 0) is 17.4 Å². The Morgan fingerprint density at radius 1 is 0.559 bits per heavy atom. The van der Waals surface area contributed by atoms with Gasteiger partial charge in [0.2, 0.25) is 0 Å². The maximum absolute atomic E-state index is 12.7. The summed E-state index contributed by atoms with van der Waals surface area (Å²) in [4.78, 5) is 0. The van der Waals surface area contributed by atoms with Crippen molar-refractivity contribution < 1.29 is 49.9 Å². The normalized spacial score (nSPS) is 11.7. The van der Waals surface area contributed by atoms with Gasteiger partial charge in [-0.3, -0.25) is 4.57 Å². The molecule has 4 heteroatoms. The number of hydrogen-bond donors (Lipinski definition) is 0. The molecule has 0 fully saturated rings. The third kappa shape index (κ3) is 14.4. The second kappa shape index (κ2) is 21.0. The SMILES string of the molecule is CCCCCCCCCc1ccc(O[PH](=O)c2ccc(CCCCCCCCC)cc2)cc1.[Nd]. The van der Waals surface area contributed by atoms with E-state index >= 15 is 0 Å². The van der Waals surface area contributed by atoms with Crippen molar-refractivity contribution in [1.82, 2.24) is 0 Å². The molecule has 0 N–H and O–H groups in total. The molecule has 34 heavy (non-hydrogen) atoms. The van der Waals surface area contributed by atoms with Gasteiger partial charge in [0.15, 0.2) is 0 Å². The summed E-state index contributed by atoms with van der Waals surface area (Å²) in [5, 5.41) is 0.801. The molecule has 0 spiro atoms. The monoisotopic (exact) mass is 612 g/mol. The average Bonchev–Trinajstić information content (AvgIpc) is 2.84. The van der Waals surface area contributed by atoms with E-state index in [-0.39, 0.29) is 40.8 Å². The number of aryl methyl sites for hydroxylation is 2. The zero-order chi connectivity index (χ0) is 23.6. The van der Waals surface area contributed by atoms with Gasteiger partial charge in [-0.05, 0) is 61.1 Å². The van der Waals surface area contributed by atoms with E-state index in [4.69, 9.17) is 4.52 Å². The molecule has 0 aromatic heterocycles. The molecule has 188 valence electrons. The van der Waals surface area contributed by atoms with Crippen molar-refractivity contribution >= 4 is 13.3 Å². The Bertz CT molecular complexity index is 758. The molecule has 0 bridgehead atoms. The van der Waals surface area contributed by atoms with Crippen molar-refractivity contribution in [1.29, 1.82) is 0 Å². The first-order valence-corrected chi connectivity index (χ1v) is 14.9. The largest absolute Gasteiger partial charge is 0.442 e. The number of hydrogen-bond acceptors (Lipinski definition) is 2. The molecule has 1 atom stereocenters. The van der Waals surface area contributed by atoms with E-state index < -0.39 is 8.03 Å². The summed E-state index contributed by atoms with van der Waals surface area (Å²) >= 11 is 0. The molecule has 0 amide bonds. The summed E-state index contributed by atoms with van der Waals surface area (Å²) in [7, 11) is -2.27. The molecule has 0 heterocycles. The quantitative estimate of drug-likeness (QED) is 0.116. The molecule has 1 unspecified atom stereocenters. The summed E-state index contributed by atoms with van der Waals surface area (Å²) in [6, 6.07) is 16.4. The fraction of sp³-hybridized carbons (Fsp3) is 0.600. The van der Waals surface area contributed by atoms with Crippen molar-refractivity contribution in [2.24, 2.45) is 0 Å². The Morgan fingerprint density at radius 2 is 0.941 bits per heavy atom. The first-order valence-electron chi connectivity index (χ1n) is 13.6. The van der Waals surface area contributed by atoms with Crippen LogP contribution in [0.15, 0.2) is 48.5 Å². The Kier molecular flexibility index (Phi) is 19.6. The van der Waals surface area contributed by atoms with Crippen LogP contribution in [0.25, 0.3) is 0 Å². The molecule has 0 aliphatic carbocycles. The van der Waals surface area contributed by atoms with E-state index in [1.807, 2.05) is 24.3 Å². The number of rotatable bonds is 19. The van der Waals surface area contributed by atoms with Crippen molar-refractivity contribution in [3.63, 3.8) is 0 Å². The zero-order valence-electron chi connectivity index (χ0n) is 21.7. The average molecular weight is 615 g/mol. The molecular weight excluding hydrogens is 568 g/mol. The van der Waals surface area contributed by atoms with Crippen LogP contribution in [0.4, 0.5) is 0 Å². The minimum atomic E-state index is -2.27. The Hall–Kier alpha value is -0.179. The molecule has 2 rings (SSSR count). The van der Waals surface area contributed by atoms with Crippen LogP contribution >= 0.6 is 8.03 Å². The van der Waals surface area contributed by atoms with Gasteiger partial charge in [-0.2, -0.15) is 0 Å². The summed E-state index contributed by atoms with van der Waals surface area (Å²) in [6.07, 6.45) is 20.9. The maximum Gasteiger partial charge on any atom is 0.265 e. The van der Waals surface area contributed by atoms with Gasteiger partial charge in [-0.15, -0.1) is 0 Å². The maximum atomic E-state index is 12.7. The van der Waals surface area contributed by atoms with Gasteiger partial charge >= 0.3 is 0 Å². The van der Waals surface area contributed by atoms with Gasteiger partial charge in [0.25, 0.3) is 8.03 Å². The summed E-state index contributed by atoms with van der Waals surface area (Å²) in [5.74, 6) is 0.703. The van der Waals surface area contributed by atoms with Gasteiger partial charge in [-0.1, -0.05) is 115 Å². The molecule has 2 aromatic rings. The van der Waals surface area contributed by atoms with E-state index in [0.29, 0.717) is 5.75 Å². The van der Waals surface area contributed by atoms with E-state index in [2.05, 4.69) is 38.1 Å². The van der Waals surface area contributed by atoms with E-state index in [9.17, 15) is 4.57 Å². The Morgan fingerprint density at radius 3 is 1.38 bits per heavy atom. The second-order valence-corrected chi connectivity index (χ2v) is 10.8. The Balaban J connectivity index is 0.00000578. The van der Waals surface area contributed by atoms with Gasteiger partial charge in [0.1, 0.15) is 5.75 Å². The third-order valence-corrected chi connectivity index (χ3v) is 7.69. The van der Waals surface area contributed by atoms with Crippen LogP contribution in [-0.4, -0.2) is 0 Å². The van der Waals surface area contributed by atoms with Crippen LogP contribution in [0.5, 0.6) is 5.75 Å². The van der Waals surface area contributed by atoms with Crippen LogP contribution in [0.3, 0.4) is 0 Å². The van der Waals surface area contributed by atoms with Crippen LogP contribution < -0.4 is 9.83 Å². The molecule has 0 aliphatic rings. The summed E-state index contributed by atoms with van der Waals surface area (Å²) < 4.78 is 18.4. The van der Waals surface area contributed by atoms with Crippen molar-refractivity contribution in [2.75, 3.05) is 0 Å². The summed E-state index contributed by atoms with van der Waals surface area (Å²) in [5.41, 5.74) is 2.67. The fourth-order valence-corrected chi connectivity index (χ4v) is 5.18. The number of unbranched alkanes of at least 4 members (excludes halogenated alkanes) is 12. The first-order chi connectivity index (χ1) is 16.2. The van der Waals surface area contributed by atoms with E-state index in [1.54, 1.807) is 0 Å². The van der Waals surface area contributed by atoms with E-state index in [0.717, 1.165) is 18.1 Å². The van der Waals surface area contributed by atoms with E-state index in [1.165, 1.54) is 101 Å². The predicted molar refractivity (Wildman–Crippen MR) is 146 cm³/mol. The van der Waals surface area contributed by atoms with Crippen molar-refractivity contribution in [2.45, 2.75) is 117 Å². The van der Waals surface area contributed by atoms with Crippen LogP contribution in [0.1, 0.15) is 115 Å². The second-order valence-electron chi connectivity index (χ2n) is 9.47. The first kappa shape index (κ1) is 31.9. The van der Waals surface area contributed by atoms with Crippen LogP contribution in [0.2, 0.25) is 0 Å². The summed E-state index contributed by atoms with van der Waals surface area (Å²) in [6.45, 7) is 4.52. The predicted octanol–water partition coefficient (Wildman–Crippen LogP) is 9.45. The van der Waals surface area contributed by atoms with Crippen LogP contribution in [0, 0.1) is 40.8 Å². The van der Waals surface area contributed by atoms with Gasteiger partial charge in [0, 0.05) is 46.1 Å². The molecular formula is C30H47NdO2P. The Labute approximate surface area is 243 Å². The topological polar surface area (TPSA) is 26.3 Å². The number of benzene rings is 2. The fourth-order valence-electron chi connectivity index (χ4n) is 4.27. The molecule has 0 aliphatic heterocycles. The minimum Gasteiger partial charge on any atom is -0.442 e. The van der Waals surface area contributed by atoms with Gasteiger partial charge < -0.3 is 4.52 Å². The van der Waals surface area contributed by atoms with Crippen molar-refractivity contribution in [3.8, 4) is 5.75 Å². The molecule has 0 saturated carbocycles. The minimum absolute atomic E-state index is 0. The zero-order valence-corrected chi connectivity index (χ0v) is 26.0. The van der Waals surface area contributed by atoms with Gasteiger partial charge in [0.05, 0.1) is 0 Å². The van der Waals surface area contributed by atoms with Crippen molar-refractivity contribution in [3.05, 3.63) is 59.7 Å². The van der Waals surface area contributed by atoms with Gasteiger partial charge in [-0.25, -0.2) is 0 Å². The molecule has 0 radical (unpaired) electrons. The third-order valence-electron chi connectivity index (χ3n) is 6.46. The molecule has 2 aromatic carbocycles. The molecule has 0 saturated heterocycles. The molecule has 2 nitrogen and oxygen atoms in total.